The molecule has 0 amide bonds. The van der Waals surface area contributed by atoms with Gasteiger partial charge in [0.05, 0.1) is 0 Å². The molecular formula is C20H21N2OP. The molecule has 0 saturated carbocycles. The highest BCUT2D eigenvalue weighted by Gasteiger charge is 2.27. The number of hydrogen-bond donors (Lipinski definition) is 2. The molecule has 0 radical (unpaired) electrons. The lowest BCUT2D eigenvalue weighted by Gasteiger charge is -2.23. The second kappa shape index (κ2) is 7.59. The summed E-state index contributed by atoms with van der Waals surface area (Å²) in [6, 6.07) is 28.7. The maximum atomic E-state index is 13.8. The summed E-state index contributed by atoms with van der Waals surface area (Å²) in [4.78, 5) is 0. The van der Waals surface area contributed by atoms with Crippen LogP contribution in [0, 0.1) is 0 Å². The Balaban J connectivity index is 1.88. The molecule has 3 aromatic carbocycles. The van der Waals surface area contributed by atoms with E-state index in [4.69, 9.17) is 5.73 Å². The number of nitrogens with one attached hydrogen (secondary N) is 1. The molecule has 0 unspecified atom stereocenters. The Bertz CT molecular complexity index is 763. The minimum Gasteiger partial charge on any atom is -0.323 e. The average molecular weight is 336 g/mol. The van der Waals surface area contributed by atoms with Crippen molar-refractivity contribution in [1.29, 1.82) is 0 Å². The Morgan fingerprint density at radius 3 is 1.62 bits per heavy atom. The van der Waals surface area contributed by atoms with E-state index in [1.807, 2.05) is 91.0 Å². The minimum atomic E-state index is -2.93. The van der Waals surface area contributed by atoms with Crippen LogP contribution in [-0.4, -0.2) is 6.54 Å². The molecule has 0 aliphatic carbocycles. The van der Waals surface area contributed by atoms with Crippen LogP contribution in [0.5, 0.6) is 0 Å². The summed E-state index contributed by atoms with van der Waals surface area (Å²) in [6.07, 6.45) is 0. The van der Waals surface area contributed by atoms with Crippen LogP contribution in [0.15, 0.2) is 91.0 Å². The molecule has 3 N–H and O–H groups in total. The molecule has 122 valence electrons. The standard InChI is InChI=1S/C20H21N2OP/c21-20(17-10-4-1-5-11-17)16-22-24(23,18-12-6-2-7-13-18)19-14-8-3-9-15-19/h1-15,20H,16,21H2,(H,22,23)/t20-/m1/s1. The van der Waals surface area contributed by atoms with Gasteiger partial charge >= 0.3 is 0 Å². The second-order valence-electron chi connectivity index (χ2n) is 5.66. The maximum Gasteiger partial charge on any atom is 0.204 e. The third kappa shape index (κ3) is 3.65. The first-order chi connectivity index (χ1) is 11.7. The zero-order chi connectivity index (χ0) is 16.8. The lowest BCUT2D eigenvalue weighted by molar-refractivity contribution is 0.572. The zero-order valence-electron chi connectivity index (χ0n) is 13.4. The van der Waals surface area contributed by atoms with Gasteiger partial charge in [-0.2, -0.15) is 0 Å². The molecule has 0 aliphatic rings. The fourth-order valence-corrected chi connectivity index (χ4v) is 4.95. The van der Waals surface area contributed by atoms with Gasteiger partial charge in [-0.15, -0.1) is 0 Å². The highest BCUT2D eigenvalue weighted by atomic mass is 31.2. The zero-order valence-corrected chi connectivity index (χ0v) is 14.3. The smallest absolute Gasteiger partial charge is 0.204 e. The molecule has 0 bridgehead atoms. The van der Waals surface area contributed by atoms with Gasteiger partial charge in [0.15, 0.2) is 0 Å². The SMILES string of the molecule is N[C@H](CNP(=O)(c1ccccc1)c1ccccc1)c1ccccc1. The van der Waals surface area contributed by atoms with Crippen molar-refractivity contribution in [3.63, 3.8) is 0 Å². The molecule has 0 heterocycles. The molecule has 24 heavy (non-hydrogen) atoms. The average Bonchev–Trinajstić information content (AvgIpc) is 2.68. The van der Waals surface area contributed by atoms with Gasteiger partial charge in [0.25, 0.3) is 0 Å². The van der Waals surface area contributed by atoms with Crippen LogP contribution >= 0.6 is 7.29 Å². The van der Waals surface area contributed by atoms with Crippen molar-refractivity contribution >= 4 is 17.9 Å². The summed E-state index contributed by atoms with van der Waals surface area (Å²) in [7, 11) is -2.93. The van der Waals surface area contributed by atoms with Crippen molar-refractivity contribution in [1.82, 2.24) is 5.09 Å². The van der Waals surface area contributed by atoms with Gasteiger partial charge in [0.1, 0.15) is 0 Å². The van der Waals surface area contributed by atoms with E-state index in [0.29, 0.717) is 6.54 Å². The quantitative estimate of drug-likeness (QED) is 0.680. The van der Waals surface area contributed by atoms with E-state index in [2.05, 4.69) is 5.09 Å². The van der Waals surface area contributed by atoms with Crippen molar-refractivity contribution in [3.8, 4) is 0 Å². The molecule has 0 aliphatic heterocycles. The predicted molar refractivity (Wildman–Crippen MR) is 101 cm³/mol. The Morgan fingerprint density at radius 1 is 0.750 bits per heavy atom. The largest absolute Gasteiger partial charge is 0.323 e. The van der Waals surface area contributed by atoms with Crippen LogP contribution in [0.25, 0.3) is 0 Å². The van der Waals surface area contributed by atoms with Gasteiger partial charge in [-0.05, 0) is 29.8 Å². The first-order valence-electron chi connectivity index (χ1n) is 7.97. The van der Waals surface area contributed by atoms with Crippen LogP contribution in [-0.2, 0) is 4.57 Å². The van der Waals surface area contributed by atoms with Crippen LogP contribution in [0.2, 0.25) is 0 Å². The number of rotatable bonds is 6. The first-order valence-corrected chi connectivity index (χ1v) is 9.68. The summed E-state index contributed by atoms with van der Waals surface area (Å²) in [5.74, 6) is 0. The fourth-order valence-electron chi connectivity index (χ4n) is 2.65. The van der Waals surface area contributed by atoms with Gasteiger partial charge in [0.2, 0.25) is 7.29 Å². The van der Waals surface area contributed by atoms with Gasteiger partial charge in [-0.3, -0.25) is 9.65 Å². The highest BCUT2D eigenvalue weighted by molar-refractivity contribution is 7.76. The van der Waals surface area contributed by atoms with Gasteiger partial charge in [-0.1, -0.05) is 66.7 Å². The molecule has 3 rings (SSSR count). The maximum absolute atomic E-state index is 13.8. The number of hydrogen-bond acceptors (Lipinski definition) is 2. The number of benzene rings is 3. The summed E-state index contributed by atoms with van der Waals surface area (Å²) in [6.45, 7) is 0.436. The van der Waals surface area contributed by atoms with E-state index in [1.165, 1.54) is 0 Å². The predicted octanol–water partition coefficient (Wildman–Crippen LogP) is 3.21. The van der Waals surface area contributed by atoms with E-state index in [0.717, 1.165) is 16.2 Å². The summed E-state index contributed by atoms with van der Waals surface area (Å²) in [5.41, 5.74) is 7.30. The first kappa shape index (κ1) is 16.7. The van der Waals surface area contributed by atoms with E-state index < -0.39 is 7.29 Å². The minimum absolute atomic E-state index is 0.216. The third-order valence-electron chi connectivity index (χ3n) is 4.00. The number of nitrogens with two attached hydrogens (primary N) is 1. The van der Waals surface area contributed by atoms with Crippen molar-refractivity contribution < 1.29 is 4.57 Å². The Labute approximate surface area is 143 Å². The van der Waals surface area contributed by atoms with E-state index in [9.17, 15) is 4.57 Å². The fraction of sp³-hybridized carbons (Fsp3) is 0.100. The lowest BCUT2D eigenvalue weighted by Crippen LogP contribution is -2.32. The van der Waals surface area contributed by atoms with Crippen molar-refractivity contribution in [3.05, 3.63) is 96.6 Å². The second-order valence-corrected chi connectivity index (χ2v) is 8.23. The topological polar surface area (TPSA) is 55.1 Å². The molecule has 3 aromatic rings. The third-order valence-corrected chi connectivity index (χ3v) is 6.68. The van der Waals surface area contributed by atoms with Crippen molar-refractivity contribution in [2.75, 3.05) is 6.54 Å². The molecule has 4 heteroatoms. The summed E-state index contributed by atoms with van der Waals surface area (Å²) < 4.78 is 13.8. The molecular weight excluding hydrogens is 315 g/mol. The van der Waals surface area contributed by atoms with Crippen molar-refractivity contribution in [2.45, 2.75) is 6.04 Å². The molecule has 0 saturated heterocycles. The molecule has 0 spiro atoms. The van der Waals surface area contributed by atoms with Crippen LogP contribution < -0.4 is 21.4 Å². The Kier molecular flexibility index (Phi) is 5.27. The van der Waals surface area contributed by atoms with Crippen LogP contribution in [0.1, 0.15) is 11.6 Å². The molecule has 0 aromatic heterocycles. The normalized spacial score (nSPS) is 12.7. The van der Waals surface area contributed by atoms with Gasteiger partial charge in [0, 0.05) is 23.2 Å². The van der Waals surface area contributed by atoms with Gasteiger partial charge in [-0.25, -0.2) is 0 Å². The lowest BCUT2D eigenvalue weighted by atomic mass is 10.1. The molecule has 3 nitrogen and oxygen atoms in total. The van der Waals surface area contributed by atoms with E-state index in [1.54, 1.807) is 0 Å². The van der Waals surface area contributed by atoms with Crippen LogP contribution in [0.4, 0.5) is 0 Å². The Hall–Kier alpha value is -2.19. The molecule has 0 fully saturated rings. The van der Waals surface area contributed by atoms with E-state index >= 15 is 0 Å². The monoisotopic (exact) mass is 336 g/mol. The van der Waals surface area contributed by atoms with Crippen LogP contribution in [0.3, 0.4) is 0 Å². The van der Waals surface area contributed by atoms with Crippen molar-refractivity contribution in [2.24, 2.45) is 5.73 Å². The van der Waals surface area contributed by atoms with E-state index in [-0.39, 0.29) is 6.04 Å². The summed E-state index contributed by atoms with van der Waals surface area (Å²) >= 11 is 0. The van der Waals surface area contributed by atoms with Gasteiger partial charge < -0.3 is 5.73 Å². The molecule has 1 atom stereocenters. The Morgan fingerprint density at radius 2 is 1.17 bits per heavy atom. The summed E-state index contributed by atoms with van der Waals surface area (Å²) in [5, 5.41) is 4.83. The highest BCUT2D eigenvalue weighted by Crippen LogP contribution is 2.38.